The summed E-state index contributed by atoms with van der Waals surface area (Å²) in [4.78, 5) is 7.91. The first-order valence-electron chi connectivity index (χ1n) is 8.68. The van der Waals surface area contributed by atoms with Crippen LogP contribution in [0.15, 0.2) is 73.2 Å². The molecule has 5 heteroatoms. The third kappa shape index (κ3) is 2.60. The zero-order valence-electron chi connectivity index (χ0n) is 14.4. The van der Waals surface area contributed by atoms with Crippen molar-refractivity contribution in [2.24, 2.45) is 0 Å². The van der Waals surface area contributed by atoms with Gasteiger partial charge in [-0.1, -0.05) is 24.3 Å². The molecule has 4 nitrogen and oxygen atoms in total. The topological polar surface area (TPSA) is 53.3 Å². The van der Waals surface area contributed by atoms with Crippen molar-refractivity contribution in [2.45, 2.75) is 6.61 Å². The molecule has 0 saturated heterocycles. The maximum absolute atomic E-state index is 14.0. The van der Waals surface area contributed by atoms with E-state index >= 15 is 0 Å². The van der Waals surface area contributed by atoms with Crippen molar-refractivity contribution in [2.75, 3.05) is 0 Å². The number of hydrogen-bond donors (Lipinski definition) is 2. The summed E-state index contributed by atoms with van der Waals surface area (Å²) in [5.41, 5.74) is 5.58. The molecule has 3 aromatic heterocycles. The van der Waals surface area contributed by atoms with E-state index in [-0.39, 0.29) is 6.61 Å². The molecule has 0 bridgehead atoms. The van der Waals surface area contributed by atoms with Gasteiger partial charge in [0.15, 0.2) is 0 Å². The van der Waals surface area contributed by atoms with E-state index in [2.05, 4.69) is 23.2 Å². The highest BCUT2D eigenvalue weighted by molar-refractivity contribution is 5.84. The molecule has 0 fully saturated rings. The number of halogens is 1. The lowest BCUT2D eigenvalue weighted by atomic mass is 10.0. The minimum Gasteiger partial charge on any atom is -0.392 e. The number of benzene rings is 2. The Kier molecular flexibility index (Phi) is 3.55. The van der Waals surface area contributed by atoms with Gasteiger partial charge in [0.05, 0.1) is 12.3 Å². The Labute approximate surface area is 154 Å². The summed E-state index contributed by atoms with van der Waals surface area (Å²) in [6.45, 7) is -0.342. The van der Waals surface area contributed by atoms with E-state index in [1.807, 2.05) is 47.3 Å². The molecule has 5 aromatic rings. The fourth-order valence-electron chi connectivity index (χ4n) is 3.49. The molecule has 5 rings (SSSR count). The van der Waals surface area contributed by atoms with Gasteiger partial charge < -0.3 is 14.5 Å². The standard InChI is InChI=1S/C22H16FN3O/c23-19-3-1-2-17(18(19)13-27)16-6-7-22-25-21(12-26(22)11-16)15-5-4-14-8-9-24-20(14)10-15/h1-12,24,27H,13H2. The van der Waals surface area contributed by atoms with Crippen LogP contribution in [-0.4, -0.2) is 19.5 Å². The average Bonchev–Trinajstić information content (AvgIpc) is 3.33. The molecule has 2 N–H and O–H groups in total. The molecule has 3 heterocycles. The molecule has 2 aromatic carbocycles. The number of aromatic nitrogens is 3. The summed E-state index contributed by atoms with van der Waals surface area (Å²) in [6, 6.07) is 16.9. The van der Waals surface area contributed by atoms with Crippen molar-refractivity contribution < 1.29 is 9.50 Å². The number of nitrogens with zero attached hydrogens (tertiary/aromatic N) is 2. The smallest absolute Gasteiger partial charge is 0.137 e. The highest BCUT2D eigenvalue weighted by atomic mass is 19.1. The van der Waals surface area contributed by atoms with E-state index in [0.29, 0.717) is 11.1 Å². The SMILES string of the molecule is OCc1c(F)cccc1-c1ccc2nc(-c3ccc4cc[nH]c4c3)cn2c1. The summed E-state index contributed by atoms with van der Waals surface area (Å²) in [6.07, 6.45) is 5.79. The molecule has 0 unspecified atom stereocenters. The molecule has 0 atom stereocenters. The van der Waals surface area contributed by atoms with Gasteiger partial charge in [-0.3, -0.25) is 0 Å². The van der Waals surface area contributed by atoms with Crippen molar-refractivity contribution in [3.63, 3.8) is 0 Å². The number of aliphatic hydroxyl groups excluding tert-OH is 1. The van der Waals surface area contributed by atoms with E-state index in [0.717, 1.165) is 33.4 Å². The molecule has 0 spiro atoms. The summed E-state index contributed by atoms with van der Waals surface area (Å²) in [5, 5.41) is 10.7. The molecule has 132 valence electrons. The molecule has 0 aliphatic rings. The number of nitrogens with one attached hydrogen (secondary N) is 1. The number of hydrogen-bond acceptors (Lipinski definition) is 2. The first kappa shape index (κ1) is 15.8. The second kappa shape index (κ2) is 6.07. The average molecular weight is 357 g/mol. The van der Waals surface area contributed by atoms with Crippen LogP contribution in [-0.2, 0) is 6.61 Å². The number of H-pyrrole nitrogens is 1. The molecule has 0 amide bonds. The van der Waals surface area contributed by atoms with Crippen LogP contribution >= 0.6 is 0 Å². The number of aromatic amines is 1. The van der Waals surface area contributed by atoms with E-state index in [9.17, 15) is 9.50 Å². The zero-order chi connectivity index (χ0) is 18.4. The van der Waals surface area contributed by atoms with Crippen molar-refractivity contribution in [3.8, 4) is 22.4 Å². The highest BCUT2D eigenvalue weighted by Crippen LogP contribution is 2.28. The van der Waals surface area contributed by atoms with E-state index in [4.69, 9.17) is 4.98 Å². The van der Waals surface area contributed by atoms with Gasteiger partial charge in [0.1, 0.15) is 11.5 Å². The van der Waals surface area contributed by atoms with E-state index in [1.165, 1.54) is 6.07 Å². The first-order chi connectivity index (χ1) is 13.2. The largest absolute Gasteiger partial charge is 0.392 e. The Balaban J connectivity index is 1.62. The minimum atomic E-state index is -0.402. The monoisotopic (exact) mass is 357 g/mol. The van der Waals surface area contributed by atoms with Crippen LogP contribution in [0, 0.1) is 5.82 Å². The van der Waals surface area contributed by atoms with Gasteiger partial charge in [-0.25, -0.2) is 9.37 Å². The molecular weight excluding hydrogens is 341 g/mol. The fraction of sp³-hybridized carbons (Fsp3) is 0.0455. The van der Waals surface area contributed by atoms with Crippen molar-refractivity contribution >= 4 is 16.6 Å². The Morgan fingerprint density at radius 1 is 1.00 bits per heavy atom. The Bertz CT molecular complexity index is 1290. The lowest BCUT2D eigenvalue weighted by molar-refractivity contribution is 0.276. The third-order valence-corrected chi connectivity index (χ3v) is 4.89. The highest BCUT2D eigenvalue weighted by Gasteiger charge is 2.11. The molecule has 0 saturated carbocycles. The molecule has 0 aliphatic carbocycles. The Morgan fingerprint density at radius 2 is 1.89 bits per heavy atom. The molecular formula is C22H16FN3O. The van der Waals surface area contributed by atoms with Crippen molar-refractivity contribution in [1.29, 1.82) is 0 Å². The third-order valence-electron chi connectivity index (χ3n) is 4.89. The summed E-state index contributed by atoms with van der Waals surface area (Å²) < 4.78 is 15.9. The lowest BCUT2D eigenvalue weighted by Gasteiger charge is -2.09. The number of aliphatic hydroxyl groups is 1. The van der Waals surface area contributed by atoms with Crippen molar-refractivity contribution in [3.05, 3.63) is 84.6 Å². The number of fused-ring (bicyclic) bond motifs is 2. The normalized spacial score (nSPS) is 11.5. The summed E-state index contributed by atoms with van der Waals surface area (Å²) >= 11 is 0. The van der Waals surface area contributed by atoms with E-state index < -0.39 is 5.82 Å². The second-order valence-electron chi connectivity index (χ2n) is 6.51. The van der Waals surface area contributed by atoms with Gasteiger partial charge in [0.25, 0.3) is 0 Å². The van der Waals surface area contributed by atoms with Gasteiger partial charge in [0, 0.05) is 35.2 Å². The number of imidazole rings is 1. The molecule has 0 radical (unpaired) electrons. The second-order valence-corrected chi connectivity index (χ2v) is 6.51. The Morgan fingerprint density at radius 3 is 2.78 bits per heavy atom. The summed E-state index contributed by atoms with van der Waals surface area (Å²) in [7, 11) is 0. The zero-order valence-corrected chi connectivity index (χ0v) is 14.4. The predicted molar refractivity (Wildman–Crippen MR) is 104 cm³/mol. The van der Waals surface area contributed by atoms with Crippen LogP contribution in [0.5, 0.6) is 0 Å². The van der Waals surface area contributed by atoms with Crippen molar-refractivity contribution in [1.82, 2.24) is 14.4 Å². The van der Waals surface area contributed by atoms with Crippen LogP contribution in [0.25, 0.3) is 38.9 Å². The van der Waals surface area contributed by atoms with Gasteiger partial charge in [-0.2, -0.15) is 0 Å². The maximum atomic E-state index is 14.0. The molecule has 0 aliphatic heterocycles. The van der Waals surface area contributed by atoms with Gasteiger partial charge in [-0.05, 0) is 46.8 Å². The number of pyridine rings is 1. The van der Waals surface area contributed by atoms with Gasteiger partial charge in [0.2, 0.25) is 0 Å². The molecule has 27 heavy (non-hydrogen) atoms. The van der Waals surface area contributed by atoms with Gasteiger partial charge >= 0.3 is 0 Å². The van der Waals surface area contributed by atoms with E-state index in [1.54, 1.807) is 6.07 Å². The van der Waals surface area contributed by atoms with Crippen LogP contribution in [0.1, 0.15) is 5.56 Å². The predicted octanol–water partition coefficient (Wildman–Crippen LogP) is 4.78. The first-order valence-corrected chi connectivity index (χ1v) is 8.68. The van der Waals surface area contributed by atoms with Crippen LogP contribution < -0.4 is 0 Å². The number of rotatable bonds is 3. The minimum absolute atomic E-state index is 0.300. The van der Waals surface area contributed by atoms with Crippen LogP contribution in [0.4, 0.5) is 4.39 Å². The lowest BCUT2D eigenvalue weighted by Crippen LogP contribution is -1.95. The van der Waals surface area contributed by atoms with Crippen LogP contribution in [0.2, 0.25) is 0 Å². The van der Waals surface area contributed by atoms with Gasteiger partial charge in [-0.15, -0.1) is 0 Å². The fourth-order valence-corrected chi connectivity index (χ4v) is 3.49. The summed E-state index contributed by atoms with van der Waals surface area (Å²) in [5.74, 6) is -0.402. The quantitative estimate of drug-likeness (QED) is 0.488. The van der Waals surface area contributed by atoms with Crippen LogP contribution in [0.3, 0.4) is 0 Å². The maximum Gasteiger partial charge on any atom is 0.137 e. The Hall–Kier alpha value is -3.44.